The van der Waals surface area contributed by atoms with Crippen molar-refractivity contribution in [1.82, 2.24) is 10.2 Å². The van der Waals surface area contributed by atoms with Gasteiger partial charge in [0.2, 0.25) is 0 Å². The number of hydrogen-bond acceptors (Lipinski definition) is 3. The molecule has 1 unspecified atom stereocenters. The molecule has 0 aliphatic carbocycles. The SMILES string of the molecule is Cc1ccc(C(CNC(=O)c2oc3ccccc3c2C)N2CCCCCC2)cc1. The van der Waals surface area contributed by atoms with Crippen LogP contribution in [0.15, 0.2) is 52.9 Å². The van der Waals surface area contributed by atoms with E-state index < -0.39 is 0 Å². The molecule has 152 valence electrons. The third kappa shape index (κ3) is 4.38. The number of carbonyl (C=O) groups is 1. The molecule has 1 atom stereocenters. The van der Waals surface area contributed by atoms with E-state index in [1.54, 1.807) is 0 Å². The van der Waals surface area contributed by atoms with Gasteiger partial charge in [-0.1, -0.05) is 60.9 Å². The molecule has 4 rings (SSSR count). The fourth-order valence-electron chi connectivity index (χ4n) is 4.31. The summed E-state index contributed by atoms with van der Waals surface area (Å²) in [6, 6.07) is 16.7. The van der Waals surface area contributed by atoms with Crippen molar-refractivity contribution in [3.63, 3.8) is 0 Å². The number of aryl methyl sites for hydroxylation is 2. The quantitative estimate of drug-likeness (QED) is 0.635. The highest BCUT2D eigenvalue weighted by molar-refractivity contribution is 5.98. The summed E-state index contributed by atoms with van der Waals surface area (Å²) in [6.45, 7) is 6.80. The summed E-state index contributed by atoms with van der Waals surface area (Å²) in [4.78, 5) is 15.5. The first-order valence-electron chi connectivity index (χ1n) is 10.7. The van der Waals surface area contributed by atoms with E-state index in [-0.39, 0.29) is 11.9 Å². The Balaban J connectivity index is 1.54. The summed E-state index contributed by atoms with van der Waals surface area (Å²) in [5.74, 6) is 0.287. The van der Waals surface area contributed by atoms with Crippen LogP contribution in [-0.2, 0) is 0 Å². The second-order valence-electron chi connectivity index (χ2n) is 8.14. The lowest BCUT2D eigenvalue weighted by Crippen LogP contribution is -2.38. The molecular formula is C25H30N2O2. The standard InChI is InChI=1S/C25H30N2O2/c1-18-11-13-20(14-12-18)22(27-15-7-3-4-8-16-27)17-26-25(28)24-19(2)21-9-5-6-10-23(21)29-24/h5-6,9-14,22H,3-4,7-8,15-17H2,1-2H3,(H,26,28). The second-order valence-corrected chi connectivity index (χ2v) is 8.14. The van der Waals surface area contributed by atoms with Crippen LogP contribution in [0.25, 0.3) is 11.0 Å². The Bertz CT molecular complexity index is 966. The van der Waals surface area contributed by atoms with E-state index in [0.717, 1.165) is 29.6 Å². The molecule has 1 N–H and O–H groups in total. The molecule has 3 aromatic rings. The van der Waals surface area contributed by atoms with E-state index in [2.05, 4.69) is 41.4 Å². The van der Waals surface area contributed by atoms with Gasteiger partial charge in [0.1, 0.15) is 5.58 Å². The minimum absolute atomic E-state index is 0.134. The van der Waals surface area contributed by atoms with Crippen LogP contribution in [0.2, 0.25) is 0 Å². The largest absolute Gasteiger partial charge is 0.451 e. The lowest BCUT2D eigenvalue weighted by molar-refractivity contribution is 0.0907. The first kappa shape index (κ1) is 19.7. The maximum atomic E-state index is 13.0. The van der Waals surface area contributed by atoms with E-state index in [0.29, 0.717) is 12.3 Å². The molecule has 1 saturated heterocycles. The van der Waals surface area contributed by atoms with E-state index in [4.69, 9.17) is 4.42 Å². The number of rotatable bonds is 5. The van der Waals surface area contributed by atoms with Crippen molar-refractivity contribution in [1.29, 1.82) is 0 Å². The third-order valence-electron chi connectivity index (χ3n) is 6.05. The fourth-order valence-corrected chi connectivity index (χ4v) is 4.31. The maximum Gasteiger partial charge on any atom is 0.287 e. The number of para-hydroxylation sites is 1. The van der Waals surface area contributed by atoms with Gasteiger partial charge in [-0.15, -0.1) is 0 Å². The van der Waals surface area contributed by atoms with Gasteiger partial charge in [-0.3, -0.25) is 9.69 Å². The number of carbonyl (C=O) groups excluding carboxylic acids is 1. The van der Waals surface area contributed by atoms with Gasteiger partial charge in [-0.05, 0) is 51.4 Å². The Labute approximate surface area is 172 Å². The molecule has 4 nitrogen and oxygen atoms in total. The average Bonchev–Trinajstić information content (AvgIpc) is 2.90. The van der Waals surface area contributed by atoms with Crippen LogP contribution < -0.4 is 5.32 Å². The zero-order valence-corrected chi connectivity index (χ0v) is 17.4. The lowest BCUT2D eigenvalue weighted by Gasteiger charge is -2.31. The summed E-state index contributed by atoms with van der Waals surface area (Å²) in [5.41, 5.74) is 4.18. The van der Waals surface area contributed by atoms with E-state index in [9.17, 15) is 4.79 Å². The highest BCUT2D eigenvalue weighted by Gasteiger charge is 2.24. The number of benzene rings is 2. The monoisotopic (exact) mass is 390 g/mol. The molecule has 1 aliphatic rings. The van der Waals surface area contributed by atoms with Gasteiger partial charge in [0.15, 0.2) is 5.76 Å². The normalized spacial score (nSPS) is 16.5. The van der Waals surface area contributed by atoms with E-state index >= 15 is 0 Å². The Kier molecular flexibility index (Phi) is 6.00. The van der Waals surface area contributed by atoms with Crippen LogP contribution in [0.3, 0.4) is 0 Å². The molecule has 0 spiro atoms. The van der Waals surface area contributed by atoms with Crippen LogP contribution in [0.1, 0.15) is 59.0 Å². The van der Waals surface area contributed by atoms with Crippen LogP contribution in [0.5, 0.6) is 0 Å². The molecule has 0 saturated carbocycles. The van der Waals surface area contributed by atoms with Crippen molar-refractivity contribution in [3.05, 3.63) is 71.0 Å². The van der Waals surface area contributed by atoms with Gasteiger partial charge in [0, 0.05) is 17.5 Å². The number of nitrogens with one attached hydrogen (secondary N) is 1. The number of fused-ring (bicyclic) bond motifs is 1. The highest BCUT2D eigenvalue weighted by atomic mass is 16.3. The third-order valence-corrected chi connectivity index (χ3v) is 6.05. The second kappa shape index (κ2) is 8.83. The van der Waals surface area contributed by atoms with Crippen molar-refractivity contribution in [2.45, 2.75) is 45.6 Å². The minimum atomic E-state index is -0.134. The van der Waals surface area contributed by atoms with Gasteiger partial charge in [-0.2, -0.15) is 0 Å². The Morgan fingerprint density at radius 2 is 1.69 bits per heavy atom. The number of nitrogens with zero attached hydrogens (tertiary/aromatic N) is 1. The van der Waals surface area contributed by atoms with Gasteiger partial charge >= 0.3 is 0 Å². The summed E-state index contributed by atoms with van der Waals surface area (Å²) in [6.07, 6.45) is 5.03. The molecule has 4 heteroatoms. The zero-order chi connectivity index (χ0) is 20.2. The van der Waals surface area contributed by atoms with Crippen molar-refractivity contribution in [2.24, 2.45) is 0 Å². The number of likely N-dealkylation sites (tertiary alicyclic amines) is 1. The smallest absolute Gasteiger partial charge is 0.287 e. The first-order valence-corrected chi connectivity index (χ1v) is 10.7. The van der Waals surface area contributed by atoms with Crippen molar-refractivity contribution in [2.75, 3.05) is 19.6 Å². The average molecular weight is 391 g/mol. The molecule has 1 aromatic heterocycles. The Hall–Kier alpha value is -2.59. The van der Waals surface area contributed by atoms with Crippen molar-refractivity contribution < 1.29 is 9.21 Å². The van der Waals surface area contributed by atoms with Gasteiger partial charge in [-0.25, -0.2) is 0 Å². The van der Waals surface area contributed by atoms with Crippen molar-refractivity contribution >= 4 is 16.9 Å². The summed E-state index contributed by atoms with van der Waals surface area (Å²) < 4.78 is 5.85. The molecule has 0 bridgehead atoms. The van der Waals surface area contributed by atoms with Crippen LogP contribution in [-0.4, -0.2) is 30.4 Å². The first-order chi connectivity index (χ1) is 14.1. The predicted molar refractivity (Wildman–Crippen MR) is 117 cm³/mol. The van der Waals surface area contributed by atoms with Gasteiger partial charge < -0.3 is 9.73 Å². The molecule has 1 fully saturated rings. The highest BCUT2D eigenvalue weighted by Crippen LogP contribution is 2.26. The summed E-state index contributed by atoms with van der Waals surface area (Å²) in [7, 11) is 0. The fraction of sp³-hybridized carbons (Fsp3) is 0.400. The summed E-state index contributed by atoms with van der Waals surface area (Å²) in [5, 5.41) is 4.16. The number of hydrogen-bond donors (Lipinski definition) is 1. The van der Waals surface area contributed by atoms with Gasteiger partial charge in [0.25, 0.3) is 5.91 Å². The molecule has 29 heavy (non-hydrogen) atoms. The van der Waals surface area contributed by atoms with Crippen LogP contribution in [0.4, 0.5) is 0 Å². The number of amides is 1. The van der Waals surface area contributed by atoms with Gasteiger partial charge in [0.05, 0.1) is 6.04 Å². The number of furan rings is 1. The lowest BCUT2D eigenvalue weighted by atomic mass is 10.0. The predicted octanol–water partition coefficient (Wildman–Crippen LogP) is 5.40. The van der Waals surface area contributed by atoms with Crippen molar-refractivity contribution in [3.8, 4) is 0 Å². The molecule has 1 aliphatic heterocycles. The molecule has 2 aromatic carbocycles. The van der Waals surface area contributed by atoms with Crippen LogP contribution in [0, 0.1) is 13.8 Å². The minimum Gasteiger partial charge on any atom is -0.451 e. The Morgan fingerprint density at radius 1 is 1.00 bits per heavy atom. The summed E-state index contributed by atoms with van der Waals surface area (Å²) >= 11 is 0. The Morgan fingerprint density at radius 3 is 2.38 bits per heavy atom. The molecule has 0 radical (unpaired) electrons. The molecular weight excluding hydrogens is 360 g/mol. The maximum absolute atomic E-state index is 13.0. The zero-order valence-electron chi connectivity index (χ0n) is 17.4. The van der Waals surface area contributed by atoms with Crippen LogP contribution >= 0.6 is 0 Å². The van der Waals surface area contributed by atoms with E-state index in [1.807, 2.05) is 31.2 Å². The topological polar surface area (TPSA) is 45.5 Å². The van der Waals surface area contributed by atoms with E-state index in [1.165, 1.54) is 36.8 Å². The molecule has 2 heterocycles. The molecule has 1 amide bonds.